The highest BCUT2D eigenvalue weighted by molar-refractivity contribution is 8.18. The number of hydrogen-bond acceptors (Lipinski definition) is 5. The van der Waals surface area contributed by atoms with Crippen LogP contribution in [-0.2, 0) is 11.4 Å². The van der Waals surface area contributed by atoms with Crippen molar-refractivity contribution in [3.63, 3.8) is 0 Å². The average molecular weight is 549 g/mol. The molecule has 2 amide bonds. The molecule has 35 heavy (non-hydrogen) atoms. The molecule has 9 heteroatoms. The van der Waals surface area contributed by atoms with Crippen LogP contribution in [0.1, 0.15) is 16.7 Å². The van der Waals surface area contributed by atoms with Crippen molar-refractivity contribution in [2.75, 3.05) is 13.2 Å². The zero-order chi connectivity index (χ0) is 24.9. The Morgan fingerprint density at radius 1 is 0.914 bits per heavy atom. The van der Waals surface area contributed by atoms with E-state index in [9.17, 15) is 9.59 Å². The number of rotatable bonds is 8. The highest BCUT2D eigenvalue weighted by Crippen LogP contribution is 2.38. The number of carbonyl (C=O) groups excluding carboxylic acids is 2. The Bertz CT molecular complexity index is 1290. The van der Waals surface area contributed by atoms with E-state index in [1.165, 1.54) is 0 Å². The van der Waals surface area contributed by atoms with Gasteiger partial charge in [-0.1, -0.05) is 76.8 Å². The molecule has 4 rings (SSSR count). The second kappa shape index (κ2) is 11.4. The molecule has 0 spiro atoms. The summed E-state index contributed by atoms with van der Waals surface area (Å²) in [6.45, 7) is 2.54. The molecule has 0 aromatic heterocycles. The van der Waals surface area contributed by atoms with E-state index < -0.39 is 5.91 Å². The molecule has 1 fully saturated rings. The summed E-state index contributed by atoms with van der Waals surface area (Å²) in [7, 11) is 0. The van der Waals surface area contributed by atoms with Crippen molar-refractivity contribution < 1.29 is 19.1 Å². The second-order valence-electron chi connectivity index (χ2n) is 7.70. The summed E-state index contributed by atoms with van der Waals surface area (Å²) in [6.07, 6.45) is 1.59. The molecule has 3 aromatic rings. The third kappa shape index (κ3) is 6.33. The number of ether oxygens (including phenoxy) is 2. The fourth-order valence-corrected chi connectivity index (χ4v) is 5.08. The van der Waals surface area contributed by atoms with Crippen LogP contribution in [0.15, 0.2) is 65.6 Å². The highest BCUT2D eigenvalue weighted by Gasteiger charge is 2.35. The van der Waals surface area contributed by atoms with Crippen LogP contribution in [0.25, 0.3) is 6.08 Å². The Kier molecular flexibility index (Phi) is 8.29. The molecule has 0 atom stereocenters. The number of aryl methyl sites for hydroxylation is 1. The number of halogens is 3. The van der Waals surface area contributed by atoms with E-state index in [4.69, 9.17) is 44.3 Å². The molecule has 0 bridgehead atoms. The summed E-state index contributed by atoms with van der Waals surface area (Å²) >= 11 is 19.7. The van der Waals surface area contributed by atoms with Gasteiger partial charge in [-0.25, -0.2) is 0 Å². The molecule has 0 N–H and O–H groups in total. The van der Waals surface area contributed by atoms with Crippen LogP contribution >= 0.6 is 46.6 Å². The lowest BCUT2D eigenvalue weighted by atomic mass is 10.1. The zero-order valence-corrected chi connectivity index (χ0v) is 21.7. The number of thioether (sulfide) groups is 1. The van der Waals surface area contributed by atoms with Crippen molar-refractivity contribution in [1.82, 2.24) is 4.90 Å². The van der Waals surface area contributed by atoms with Gasteiger partial charge in [0.15, 0.2) is 5.75 Å². The van der Waals surface area contributed by atoms with Crippen LogP contribution in [0, 0.1) is 6.92 Å². The van der Waals surface area contributed by atoms with Gasteiger partial charge in [0.2, 0.25) is 0 Å². The van der Waals surface area contributed by atoms with Gasteiger partial charge in [0.25, 0.3) is 11.1 Å². The van der Waals surface area contributed by atoms with Crippen molar-refractivity contribution in [2.45, 2.75) is 13.5 Å². The van der Waals surface area contributed by atoms with Crippen LogP contribution < -0.4 is 9.47 Å². The summed E-state index contributed by atoms with van der Waals surface area (Å²) in [4.78, 5) is 26.6. The summed E-state index contributed by atoms with van der Waals surface area (Å²) in [5, 5.41) is 0.702. The first-order valence-corrected chi connectivity index (χ1v) is 12.6. The predicted molar refractivity (Wildman–Crippen MR) is 142 cm³/mol. The molecule has 1 aliphatic rings. The number of carbonyl (C=O) groups is 2. The van der Waals surface area contributed by atoms with Crippen LogP contribution in [0.2, 0.25) is 15.1 Å². The Labute approximate surface area is 222 Å². The van der Waals surface area contributed by atoms with E-state index in [2.05, 4.69) is 0 Å². The normalized spacial score (nSPS) is 14.6. The van der Waals surface area contributed by atoms with E-state index in [1.807, 2.05) is 31.2 Å². The third-order valence-electron chi connectivity index (χ3n) is 5.07. The maximum atomic E-state index is 12.8. The topological polar surface area (TPSA) is 55.8 Å². The fourth-order valence-electron chi connectivity index (χ4n) is 3.41. The SMILES string of the molecule is Cc1cccc(COc2c(Cl)cc(/C=C3\SC(=O)N(CCOc4ccccc4Cl)C3=O)cc2Cl)c1. The fraction of sp³-hybridized carbons (Fsp3) is 0.154. The van der Waals surface area contributed by atoms with Gasteiger partial charge in [0, 0.05) is 0 Å². The average Bonchev–Trinajstić information content (AvgIpc) is 3.07. The van der Waals surface area contributed by atoms with Crippen LogP contribution in [0.4, 0.5) is 4.79 Å². The van der Waals surface area contributed by atoms with Crippen molar-refractivity contribution >= 4 is 63.8 Å². The van der Waals surface area contributed by atoms with Crippen molar-refractivity contribution in [2.24, 2.45) is 0 Å². The number of nitrogens with zero attached hydrogens (tertiary/aromatic N) is 1. The zero-order valence-electron chi connectivity index (χ0n) is 18.6. The number of hydrogen-bond donors (Lipinski definition) is 0. The molecule has 180 valence electrons. The van der Waals surface area contributed by atoms with Crippen LogP contribution in [0.5, 0.6) is 11.5 Å². The third-order valence-corrected chi connectivity index (χ3v) is 6.85. The molecular weight excluding hydrogens is 529 g/mol. The van der Waals surface area contributed by atoms with Gasteiger partial charge in [-0.3, -0.25) is 14.5 Å². The molecule has 1 heterocycles. The molecular formula is C26H20Cl3NO4S. The Balaban J connectivity index is 1.41. The van der Waals surface area contributed by atoms with E-state index in [0.717, 1.165) is 27.8 Å². The van der Waals surface area contributed by atoms with Crippen LogP contribution in [-0.4, -0.2) is 29.2 Å². The molecule has 1 saturated heterocycles. The van der Waals surface area contributed by atoms with Crippen molar-refractivity contribution in [3.05, 3.63) is 97.3 Å². The van der Waals surface area contributed by atoms with E-state index in [-0.39, 0.29) is 23.3 Å². The van der Waals surface area contributed by atoms with E-state index in [0.29, 0.717) is 38.7 Å². The minimum atomic E-state index is -0.408. The lowest BCUT2D eigenvalue weighted by Gasteiger charge is -2.14. The maximum Gasteiger partial charge on any atom is 0.293 e. The molecule has 1 aliphatic heterocycles. The smallest absolute Gasteiger partial charge is 0.293 e. The Hall–Kier alpha value is -2.64. The standard InChI is InChI=1S/C26H20Cl3NO4S/c1-16-5-4-6-17(11-16)15-34-24-20(28)12-18(13-21(24)29)14-23-25(31)30(26(32)35-23)9-10-33-22-8-3-2-7-19(22)27/h2-8,11-14H,9-10,15H2,1H3/b23-14-. The first-order valence-electron chi connectivity index (χ1n) is 10.6. The summed E-state index contributed by atoms with van der Waals surface area (Å²) < 4.78 is 11.4. The first kappa shape index (κ1) is 25.5. The molecule has 3 aromatic carbocycles. The van der Waals surface area contributed by atoms with Gasteiger partial charge < -0.3 is 9.47 Å². The van der Waals surface area contributed by atoms with Gasteiger partial charge in [-0.15, -0.1) is 0 Å². The quantitative estimate of drug-likeness (QED) is 0.271. The number of benzene rings is 3. The monoisotopic (exact) mass is 547 g/mol. The summed E-state index contributed by atoms with van der Waals surface area (Å²) in [6, 6.07) is 18.2. The number of imide groups is 1. The minimum Gasteiger partial charge on any atom is -0.490 e. The first-order chi connectivity index (χ1) is 16.8. The summed E-state index contributed by atoms with van der Waals surface area (Å²) in [5.74, 6) is 0.442. The van der Waals surface area contributed by atoms with Gasteiger partial charge in [-0.2, -0.15) is 0 Å². The maximum absolute atomic E-state index is 12.8. The molecule has 0 saturated carbocycles. The van der Waals surface area contributed by atoms with Crippen molar-refractivity contribution in [1.29, 1.82) is 0 Å². The van der Waals surface area contributed by atoms with Gasteiger partial charge in [0.1, 0.15) is 19.0 Å². The second-order valence-corrected chi connectivity index (χ2v) is 9.92. The Morgan fingerprint density at radius 3 is 2.37 bits per heavy atom. The largest absolute Gasteiger partial charge is 0.490 e. The number of para-hydroxylation sites is 1. The molecule has 0 radical (unpaired) electrons. The summed E-state index contributed by atoms with van der Waals surface area (Å²) in [5.41, 5.74) is 2.71. The van der Waals surface area contributed by atoms with Gasteiger partial charge in [-0.05, 0) is 60.2 Å². The molecule has 0 aliphatic carbocycles. The minimum absolute atomic E-state index is 0.0977. The lowest BCUT2D eigenvalue weighted by Crippen LogP contribution is -2.32. The predicted octanol–water partition coefficient (Wildman–Crippen LogP) is 7.65. The highest BCUT2D eigenvalue weighted by atomic mass is 35.5. The van der Waals surface area contributed by atoms with Gasteiger partial charge in [0.05, 0.1) is 26.5 Å². The van der Waals surface area contributed by atoms with Crippen molar-refractivity contribution in [3.8, 4) is 11.5 Å². The number of amides is 2. The Morgan fingerprint density at radius 2 is 1.66 bits per heavy atom. The van der Waals surface area contributed by atoms with E-state index >= 15 is 0 Å². The molecule has 0 unspecified atom stereocenters. The lowest BCUT2D eigenvalue weighted by molar-refractivity contribution is -0.123. The van der Waals surface area contributed by atoms with Gasteiger partial charge >= 0.3 is 0 Å². The van der Waals surface area contributed by atoms with Crippen LogP contribution in [0.3, 0.4) is 0 Å². The van der Waals surface area contributed by atoms with E-state index in [1.54, 1.807) is 42.5 Å². The molecule has 5 nitrogen and oxygen atoms in total.